The number of benzene rings is 1. The second kappa shape index (κ2) is 9.03. The Morgan fingerprint density at radius 2 is 1.84 bits per heavy atom. The Kier molecular flexibility index (Phi) is 6.76. The van der Waals surface area contributed by atoms with Gasteiger partial charge in [-0.1, -0.05) is 30.3 Å². The molecular formula is C17H17BrN2O5. The minimum Gasteiger partial charge on any atom is -0.481 e. The molecule has 0 saturated heterocycles. The van der Waals surface area contributed by atoms with Crippen molar-refractivity contribution in [1.82, 2.24) is 10.6 Å². The van der Waals surface area contributed by atoms with E-state index in [2.05, 4.69) is 26.6 Å². The van der Waals surface area contributed by atoms with Gasteiger partial charge in [-0.3, -0.25) is 14.4 Å². The molecule has 0 bridgehead atoms. The number of carboxylic acid groups (broad SMARTS) is 1. The average Bonchev–Trinajstić information content (AvgIpc) is 3.03. The van der Waals surface area contributed by atoms with Gasteiger partial charge in [0, 0.05) is 13.0 Å². The van der Waals surface area contributed by atoms with Crippen LogP contribution in [0.5, 0.6) is 0 Å². The minimum absolute atomic E-state index is 0.0242. The first kappa shape index (κ1) is 18.7. The van der Waals surface area contributed by atoms with Crippen LogP contribution in [-0.4, -0.2) is 28.9 Å². The summed E-state index contributed by atoms with van der Waals surface area (Å²) in [6, 6.07) is 11.3. The smallest absolute Gasteiger partial charge is 0.303 e. The van der Waals surface area contributed by atoms with E-state index in [9.17, 15) is 14.4 Å². The number of carbonyl (C=O) groups excluding carboxylic acids is 2. The predicted molar refractivity (Wildman–Crippen MR) is 92.8 cm³/mol. The highest BCUT2D eigenvalue weighted by Gasteiger charge is 2.23. The number of halogens is 1. The summed E-state index contributed by atoms with van der Waals surface area (Å²) in [5.41, 5.74) is 0.897. The second-order valence-electron chi connectivity index (χ2n) is 5.27. The lowest BCUT2D eigenvalue weighted by molar-refractivity contribution is -0.137. The van der Waals surface area contributed by atoms with Crippen molar-refractivity contribution in [1.29, 1.82) is 0 Å². The molecule has 7 nitrogen and oxygen atoms in total. The van der Waals surface area contributed by atoms with Crippen molar-refractivity contribution >= 4 is 33.7 Å². The van der Waals surface area contributed by atoms with E-state index in [4.69, 9.17) is 9.52 Å². The molecule has 3 N–H and O–H groups in total. The van der Waals surface area contributed by atoms with Crippen LogP contribution in [0.2, 0.25) is 0 Å². The Morgan fingerprint density at radius 1 is 1.12 bits per heavy atom. The molecule has 0 spiro atoms. The SMILES string of the molecule is O=C(O)CC[C@H](NC(=O)c1ccc(Br)o1)C(=O)NCc1ccccc1. The number of carboxylic acids is 1. The summed E-state index contributed by atoms with van der Waals surface area (Å²) in [6.45, 7) is 0.283. The van der Waals surface area contributed by atoms with E-state index in [0.717, 1.165) is 5.56 Å². The van der Waals surface area contributed by atoms with Gasteiger partial charge in [0.05, 0.1) is 0 Å². The van der Waals surface area contributed by atoms with Crippen LogP contribution in [-0.2, 0) is 16.1 Å². The lowest BCUT2D eigenvalue weighted by Crippen LogP contribution is -2.46. The molecule has 25 heavy (non-hydrogen) atoms. The Bertz CT molecular complexity index is 745. The zero-order valence-corrected chi connectivity index (χ0v) is 14.8. The molecule has 0 fully saturated rings. The van der Waals surface area contributed by atoms with Gasteiger partial charge in [0.25, 0.3) is 5.91 Å². The summed E-state index contributed by atoms with van der Waals surface area (Å²) < 4.78 is 5.52. The molecule has 1 aromatic carbocycles. The van der Waals surface area contributed by atoms with E-state index in [1.54, 1.807) is 6.07 Å². The number of rotatable bonds is 8. The van der Waals surface area contributed by atoms with Gasteiger partial charge >= 0.3 is 5.97 Å². The molecule has 1 aromatic heterocycles. The summed E-state index contributed by atoms with van der Waals surface area (Å²) in [5, 5.41) is 14.0. The average molecular weight is 409 g/mol. The molecule has 2 rings (SSSR count). The fraction of sp³-hybridized carbons (Fsp3) is 0.235. The second-order valence-corrected chi connectivity index (χ2v) is 6.05. The summed E-state index contributed by atoms with van der Waals surface area (Å²) in [6.07, 6.45) is -0.269. The topological polar surface area (TPSA) is 109 Å². The number of hydrogen-bond acceptors (Lipinski definition) is 4. The van der Waals surface area contributed by atoms with Gasteiger partial charge in [0.15, 0.2) is 10.4 Å². The van der Waals surface area contributed by atoms with Gasteiger partial charge in [0.2, 0.25) is 5.91 Å². The number of nitrogens with one attached hydrogen (secondary N) is 2. The van der Waals surface area contributed by atoms with Crippen LogP contribution in [0.3, 0.4) is 0 Å². The maximum absolute atomic E-state index is 12.3. The van der Waals surface area contributed by atoms with Crippen LogP contribution < -0.4 is 10.6 Å². The number of hydrogen-bond donors (Lipinski definition) is 3. The van der Waals surface area contributed by atoms with E-state index in [1.807, 2.05) is 30.3 Å². The van der Waals surface area contributed by atoms with E-state index >= 15 is 0 Å². The van der Waals surface area contributed by atoms with Crippen molar-refractivity contribution in [2.75, 3.05) is 0 Å². The Hall–Kier alpha value is -2.61. The lowest BCUT2D eigenvalue weighted by Gasteiger charge is -2.17. The van der Waals surface area contributed by atoms with Crippen molar-refractivity contribution in [3.63, 3.8) is 0 Å². The molecule has 1 atom stereocenters. The normalized spacial score (nSPS) is 11.6. The van der Waals surface area contributed by atoms with E-state index < -0.39 is 23.8 Å². The maximum Gasteiger partial charge on any atom is 0.303 e. The van der Waals surface area contributed by atoms with Gasteiger partial charge in [-0.25, -0.2) is 0 Å². The first-order chi connectivity index (χ1) is 12.0. The highest BCUT2D eigenvalue weighted by molar-refractivity contribution is 9.10. The van der Waals surface area contributed by atoms with Crippen molar-refractivity contribution in [2.45, 2.75) is 25.4 Å². The van der Waals surface area contributed by atoms with E-state index in [1.165, 1.54) is 6.07 Å². The Labute approximate surface area is 152 Å². The molecule has 1 heterocycles. The largest absolute Gasteiger partial charge is 0.481 e. The van der Waals surface area contributed by atoms with Gasteiger partial charge in [-0.2, -0.15) is 0 Å². The van der Waals surface area contributed by atoms with Crippen LogP contribution in [0, 0.1) is 0 Å². The van der Waals surface area contributed by atoms with Crippen LogP contribution >= 0.6 is 15.9 Å². The summed E-state index contributed by atoms with van der Waals surface area (Å²) in [5.74, 6) is -2.06. The summed E-state index contributed by atoms with van der Waals surface area (Å²) in [7, 11) is 0. The Morgan fingerprint density at radius 3 is 2.44 bits per heavy atom. The first-order valence-electron chi connectivity index (χ1n) is 7.55. The molecule has 2 amide bonds. The third-order valence-electron chi connectivity index (χ3n) is 3.38. The van der Waals surface area contributed by atoms with Crippen molar-refractivity contribution in [2.24, 2.45) is 0 Å². The quantitative estimate of drug-likeness (QED) is 0.620. The zero-order valence-electron chi connectivity index (χ0n) is 13.2. The van der Waals surface area contributed by atoms with Crippen LogP contribution in [0.4, 0.5) is 0 Å². The highest BCUT2D eigenvalue weighted by atomic mass is 79.9. The zero-order chi connectivity index (χ0) is 18.2. The summed E-state index contributed by atoms with van der Waals surface area (Å²) in [4.78, 5) is 35.3. The molecule has 0 saturated carbocycles. The first-order valence-corrected chi connectivity index (χ1v) is 8.34. The highest BCUT2D eigenvalue weighted by Crippen LogP contribution is 2.14. The number of amides is 2. The maximum atomic E-state index is 12.3. The fourth-order valence-electron chi connectivity index (χ4n) is 2.11. The molecule has 2 aromatic rings. The fourth-order valence-corrected chi connectivity index (χ4v) is 2.42. The van der Waals surface area contributed by atoms with Crippen LogP contribution in [0.15, 0.2) is 51.6 Å². The van der Waals surface area contributed by atoms with E-state index in [0.29, 0.717) is 4.67 Å². The van der Waals surface area contributed by atoms with E-state index in [-0.39, 0.29) is 25.1 Å². The molecule has 0 radical (unpaired) electrons. The minimum atomic E-state index is -1.05. The van der Waals surface area contributed by atoms with Gasteiger partial charge in [0.1, 0.15) is 6.04 Å². The monoisotopic (exact) mass is 408 g/mol. The third-order valence-corrected chi connectivity index (χ3v) is 3.80. The van der Waals surface area contributed by atoms with Gasteiger partial charge < -0.3 is 20.2 Å². The Balaban J connectivity index is 1.99. The standard InChI is InChI=1S/C17H17BrN2O5/c18-14-8-7-13(25-14)17(24)20-12(6-9-15(21)22)16(23)19-10-11-4-2-1-3-5-11/h1-5,7-8,12H,6,9-10H2,(H,19,23)(H,20,24)(H,21,22)/t12-/m0/s1. The molecule has 0 aliphatic rings. The predicted octanol–water partition coefficient (Wildman–Crippen LogP) is 2.32. The van der Waals surface area contributed by atoms with Crippen LogP contribution in [0.1, 0.15) is 29.0 Å². The number of aliphatic carboxylic acids is 1. The lowest BCUT2D eigenvalue weighted by atomic mass is 10.1. The molecular weight excluding hydrogens is 392 g/mol. The number of furan rings is 1. The molecule has 0 unspecified atom stereocenters. The number of carbonyl (C=O) groups is 3. The molecule has 0 aliphatic heterocycles. The molecule has 0 aliphatic carbocycles. The molecule has 8 heteroatoms. The third kappa shape index (κ3) is 6.07. The van der Waals surface area contributed by atoms with Crippen molar-refractivity contribution in [3.8, 4) is 0 Å². The van der Waals surface area contributed by atoms with Crippen molar-refractivity contribution < 1.29 is 23.9 Å². The van der Waals surface area contributed by atoms with Gasteiger partial charge in [-0.05, 0) is 40.0 Å². The van der Waals surface area contributed by atoms with Crippen molar-refractivity contribution in [3.05, 3.63) is 58.5 Å². The van der Waals surface area contributed by atoms with Crippen LogP contribution in [0.25, 0.3) is 0 Å². The summed E-state index contributed by atoms with van der Waals surface area (Å²) >= 11 is 3.09. The molecule has 132 valence electrons. The van der Waals surface area contributed by atoms with Gasteiger partial charge in [-0.15, -0.1) is 0 Å².